The van der Waals surface area contributed by atoms with Crippen molar-refractivity contribution in [2.75, 3.05) is 19.8 Å². The first kappa shape index (κ1) is 56.9. The molecule has 0 unspecified atom stereocenters. The molecule has 11 rings (SSSR count). The van der Waals surface area contributed by atoms with E-state index in [0.717, 1.165) is 49.0 Å². The van der Waals surface area contributed by atoms with Gasteiger partial charge in [-0.05, 0) is 127 Å². The van der Waals surface area contributed by atoms with E-state index in [4.69, 9.17) is 14.2 Å². The van der Waals surface area contributed by atoms with Crippen LogP contribution in [0.25, 0.3) is 39.8 Å². The Morgan fingerprint density at radius 3 is 1.60 bits per heavy atom. The van der Waals surface area contributed by atoms with Gasteiger partial charge in [-0.2, -0.15) is 0 Å². The van der Waals surface area contributed by atoms with Gasteiger partial charge in [0.2, 0.25) is 0 Å². The van der Waals surface area contributed by atoms with E-state index in [2.05, 4.69) is 89.5 Å². The number of esters is 3. The van der Waals surface area contributed by atoms with E-state index in [1.807, 2.05) is 121 Å². The number of rotatable bonds is 9. The summed E-state index contributed by atoms with van der Waals surface area (Å²) < 4.78 is 25.7. The van der Waals surface area contributed by atoms with Crippen LogP contribution in [0.1, 0.15) is 63.6 Å². The molecule has 0 saturated heterocycles. The second kappa shape index (κ2) is 28.9. The van der Waals surface area contributed by atoms with Crippen molar-refractivity contribution in [3.8, 4) is 22.9 Å². The normalized spacial score (nSPS) is 10.3. The SMILES string of the molecule is CCOC(=O)c1cnc2ccc(-n3ccnc3)cn12.CCOC(=O)c1cnc2ccc(-n3ccnc3-c3cccc(C)n3)cn12.CCOC(=O)c1cnc2ccc(Br)cn12.Cc1cccc(Br)n1.[Cu][I].c1c[nH]cn1. The summed E-state index contributed by atoms with van der Waals surface area (Å²) in [6, 6.07) is 22.9. The van der Waals surface area contributed by atoms with Gasteiger partial charge in [-0.3, -0.25) is 17.8 Å². The zero-order valence-electron chi connectivity index (χ0n) is 40.8. The quantitative estimate of drug-likeness (QED) is 0.0467. The molecule has 0 aromatic carbocycles. The minimum Gasteiger partial charge on any atom is -0.351 e. The van der Waals surface area contributed by atoms with Crippen LogP contribution in [0.2, 0.25) is 0 Å². The molecule has 20 nitrogen and oxygen atoms in total. The van der Waals surface area contributed by atoms with E-state index in [0.29, 0.717) is 48.2 Å². The number of aromatic nitrogens is 14. The maximum atomic E-state index is 12.1. The fraction of sp³-hybridized carbons (Fsp3) is 0.157. The Labute approximate surface area is 466 Å². The summed E-state index contributed by atoms with van der Waals surface area (Å²) in [4.78, 5) is 71.5. The van der Waals surface area contributed by atoms with Crippen LogP contribution >= 0.6 is 52.2 Å². The monoisotopic (exact) mass is 1300 g/mol. The van der Waals surface area contributed by atoms with Crippen LogP contribution in [0.5, 0.6) is 0 Å². The third kappa shape index (κ3) is 15.6. The second-order valence-electron chi connectivity index (χ2n) is 15.0. The number of H-pyrrole nitrogens is 1. The molecule has 0 spiro atoms. The van der Waals surface area contributed by atoms with Crippen LogP contribution in [0, 0.1) is 13.8 Å². The topological polar surface area (TPSA) is 221 Å². The van der Waals surface area contributed by atoms with Gasteiger partial charge in [0.15, 0.2) is 22.9 Å². The fourth-order valence-electron chi connectivity index (χ4n) is 6.76. The molecule has 0 radical (unpaired) electrons. The third-order valence-corrected chi connectivity index (χ3v) is 10.9. The second-order valence-corrected chi connectivity index (χ2v) is 16.7. The Morgan fingerprint density at radius 2 is 1.13 bits per heavy atom. The van der Waals surface area contributed by atoms with Crippen LogP contribution in [0.4, 0.5) is 0 Å². The van der Waals surface area contributed by atoms with Gasteiger partial charge in [0.25, 0.3) is 0 Å². The number of nitrogens with one attached hydrogen (secondary N) is 1. The number of aromatic amines is 1. The molecule has 0 aliphatic carbocycles. The van der Waals surface area contributed by atoms with Crippen molar-refractivity contribution in [3.63, 3.8) is 0 Å². The molecule has 0 fully saturated rings. The molecule has 1 N–H and O–H groups in total. The molecular weight excluding hydrogens is 1250 g/mol. The van der Waals surface area contributed by atoms with Crippen molar-refractivity contribution >= 4 is 87.1 Å². The number of fused-ring (bicyclic) bond motifs is 3. The van der Waals surface area contributed by atoms with Crippen LogP contribution < -0.4 is 0 Å². The minimum atomic E-state index is -0.400. The number of aryl methyl sites for hydroxylation is 2. The van der Waals surface area contributed by atoms with Gasteiger partial charge in [0.1, 0.15) is 27.2 Å². The molecule has 11 aromatic rings. The van der Waals surface area contributed by atoms with Crippen LogP contribution in [0.3, 0.4) is 0 Å². The summed E-state index contributed by atoms with van der Waals surface area (Å²) in [5.41, 5.74) is 7.83. The predicted octanol–water partition coefficient (Wildman–Crippen LogP) is 10.5. The number of imidazole rings is 6. The number of ether oxygens (including phenoxy) is 3. The Kier molecular flexibility index (Phi) is 21.9. The van der Waals surface area contributed by atoms with Gasteiger partial charge in [0, 0.05) is 71.6 Å². The Balaban J connectivity index is 0.000000164. The maximum Gasteiger partial charge on any atom is 0.0919 e. The summed E-state index contributed by atoms with van der Waals surface area (Å²) in [7, 11) is 0. The molecule has 0 amide bonds. The van der Waals surface area contributed by atoms with Crippen LogP contribution in [-0.4, -0.2) is 105 Å². The van der Waals surface area contributed by atoms with Gasteiger partial charge in [0.05, 0.1) is 62.4 Å². The summed E-state index contributed by atoms with van der Waals surface area (Å²) in [6.45, 7) is 10.3. The molecule has 0 aliphatic rings. The van der Waals surface area contributed by atoms with E-state index in [1.54, 1.807) is 98.0 Å². The van der Waals surface area contributed by atoms with Gasteiger partial charge in [-0.1, -0.05) is 12.1 Å². The standard InChI is InChI=1S/C19H17N5O2.C13H12N4O2.C10H9BrN2O2.C6H6BrN.C3H4N2.Cu.HI/c1-3-26-19(25)16-11-21-17-8-7-14(12-24(16)17)23-10-9-20-18(23)15-6-4-5-13(2)22-15;1-2-19-13(18)11-7-15-12-4-3-10(8-17(11)12)16-6-5-14-9-16;1-2-15-10(14)8-5-12-9-4-3-7(11)6-13(8)9;1-5-3-2-4-6(7)8-5;1-2-5-3-4-1;;/h4-12H,3H2,1-2H3;3-9H,2H2,1H3;3-6H,2H2,1H3;2-4H,1H3;1-3H,(H,4,5);;1H/q;;;;;+1;/p-1. The fourth-order valence-corrected chi connectivity index (χ4v) is 7.53. The number of carbonyl (C=O) groups is 3. The summed E-state index contributed by atoms with van der Waals surface area (Å²) in [5, 5.41) is 0. The van der Waals surface area contributed by atoms with Crippen molar-refractivity contribution in [2.45, 2.75) is 34.6 Å². The van der Waals surface area contributed by atoms with Crippen molar-refractivity contribution in [1.82, 2.24) is 67.2 Å². The molecular formula is C51H48Br2CuIN14O6. The molecule has 390 valence electrons. The smallest absolute Gasteiger partial charge is 0.0919 e. The first-order valence-corrected chi connectivity index (χ1v) is 27.3. The Morgan fingerprint density at radius 1 is 0.600 bits per heavy atom. The van der Waals surface area contributed by atoms with Crippen LogP contribution in [-0.2, 0) is 27.0 Å². The van der Waals surface area contributed by atoms with E-state index >= 15 is 0 Å². The Bertz CT molecular complexity index is 3530. The van der Waals surface area contributed by atoms with Gasteiger partial charge >= 0.3 is 51.0 Å². The molecule has 0 aliphatic heterocycles. The summed E-state index contributed by atoms with van der Waals surface area (Å²) in [6.07, 6.45) is 23.9. The first-order chi connectivity index (χ1) is 36.5. The van der Waals surface area contributed by atoms with E-state index in [-0.39, 0.29) is 11.9 Å². The number of nitrogens with zero attached hydrogens (tertiary/aromatic N) is 13. The largest absolute Gasteiger partial charge is 0.351 e. The van der Waals surface area contributed by atoms with E-state index in [9.17, 15) is 14.4 Å². The first-order valence-electron chi connectivity index (χ1n) is 22.6. The zero-order chi connectivity index (χ0) is 53.7. The van der Waals surface area contributed by atoms with Crippen molar-refractivity contribution in [2.24, 2.45) is 0 Å². The molecule has 75 heavy (non-hydrogen) atoms. The van der Waals surface area contributed by atoms with Crippen molar-refractivity contribution in [3.05, 3.63) is 197 Å². The summed E-state index contributed by atoms with van der Waals surface area (Å²) in [5.74, 6) is -0.407. The van der Waals surface area contributed by atoms with E-state index in [1.165, 1.54) is 18.6 Å². The molecule has 24 heteroatoms. The number of carbonyl (C=O) groups excluding carboxylic acids is 3. The molecule has 0 saturated carbocycles. The third-order valence-electron chi connectivity index (χ3n) is 10.0. The minimum absolute atomic E-state index is 0.316. The van der Waals surface area contributed by atoms with Crippen LogP contribution in [0.15, 0.2) is 169 Å². The zero-order valence-corrected chi connectivity index (χ0v) is 47.1. The average Bonchev–Trinajstić information content (AvgIpc) is 4.29. The molecule has 11 heterocycles. The molecule has 11 aromatic heterocycles. The van der Waals surface area contributed by atoms with Gasteiger partial charge in [-0.15, -0.1) is 0 Å². The van der Waals surface area contributed by atoms with Crippen molar-refractivity contribution < 1.29 is 41.4 Å². The number of pyridine rings is 5. The average molecular weight is 1300 g/mol. The van der Waals surface area contributed by atoms with Gasteiger partial charge in [-0.25, -0.2) is 54.3 Å². The Hall–Kier alpha value is -7.38. The molecule has 0 bridgehead atoms. The maximum absolute atomic E-state index is 12.1. The predicted molar refractivity (Wildman–Crippen MR) is 293 cm³/mol. The summed E-state index contributed by atoms with van der Waals surface area (Å²) >= 11 is 12.5. The number of halogens is 3. The number of hydrogen-bond donors (Lipinski definition) is 1. The van der Waals surface area contributed by atoms with Crippen molar-refractivity contribution in [1.29, 1.82) is 0 Å². The van der Waals surface area contributed by atoms with Gasteiger partial charge < -0.3 is 23.8 Å². The van der Waals surface area contributed by atoms with E-state index < -0.39 is 5.97 Å². The number of hydrogen-bond acceptors (Lipinski definition) is 14. The molecule has 0 atom stereocenters.